The third kappa shape index (κ3) is 2.46. The van der Waals surface area contributed by atoms with Gasteiger partial charge in [0.05, 0.1) is 6.61 Å². The summed E-state index contributed by atoms with van der Waals surface area (Å²) >= 11 is 0. The molecule has 0 aromatic rings. The number of hydrogen-bond acceptors (Lipinski definition) is 3. The first-order valence-corrected chi connectivity index (χ1v) is 4.22. The Morgan fingerprint density at radius 2 is 2.42 bits per heavy atom. The Morgan fingerprint density at radius 3 is 3.00 bits per heavy atom. The molecule has 1 rings (SSSR count). The first-order valence-electron chi connectivity index (χ1n) is 4.22. The molecule has 2 N–H and O–H groups in total. The number of rotatable bonds is 3. The van der Waals surface area contributed by atoms with Crippen LogP contribution in [0.4, 0.5) is 0 Å². The van der Waals surface area contributed by atoms with Gasteiger partial charge in [-0.1, -0.05) is 0 Å². The van der Waals surface area contributed by atoms with Gasteiger partial charge in [0.1, 0.15) is 6.04 Å². The third-order valence-electron chi connectivity index (χ3n) is 2.15. The van der Waals surface area contributed by atoms with Gasteiger partial charge in [-0.2, -0.15) is 0 Å². The molecule has 1 heterocycles. The van der Waals surface area contributed by atoms with Gasteiger partial charge in [-0.05, 0) is 19.3 Å². The monoisotopic (exact) mass is 173 g/mol. The lowest BCUT2D eigenvalue weighted by molar-refractivity contribution is -0.140. The fraction of sp³-hybridized carbons (Fsp3) is 0.875. The third-order valence-corrected chi connectivity index (χ3v) is 2.15. The molecule has 0 aromatic heterocycles. The standard InChI is InChI=1S/C8H15NO3/c1-12-5-6-3-2-4-7(9-6)8(10)11/h6-7,9H,2-5H2,1H3,(H,10,11). The van der Waals surface area contributed by atoms with E-state index in [2.05, 4.69) is 5.32 Å². The van der Waals surface area contributed by atoms with Crippen LogP contribution in [-0.2, 0) is 9.53 Å². The molecule has 12 heavy (non-hydrogen) atoms. The Labute approximate surface area is 71.9 Å². The molecule has 0 aliphatic carbocycles. The molecule has 1 fully saturated rings. The maximum atomic E-state index is 10.6. The minimum atomic E-state index is -0.754. The molecule has 0 aromatic carbocycles. The van der Waals surface area contributed by atoms with Crippen LogP contribution in [0.5, 0.6) is 0 Å². The molecule has 2 unspecified atom stereocenters. The zero-order chi connectivity index (χ0) is 8.97. The van der Waals surface area contributed by atoms with Crippen LogP contribution >= 0.6 is 0 Å². The summed E-state index contributed by atoms with van der Waals surface area (Å²) in [5.41, 5.74) is 0. The normalized spacial score (nSPS) is 30.1. The number of hydrogen-bond donors (Lipinski definition) is 2. The summed E-state index contributed by atoms with van der Waals surface area (Å²) in [5.74, 6) is -0.754. The van der Waals surface area contributed by atoms with Gasteiger partial charge in [0.15, 0.2) is 0 Å². The molecule has 2 atom stereocenters. The van der Waals surface area contributed by atoms with Crippen molar-refractivity contribution in [3.8, 4) is 0 Å². The van der Waals surface area contributed by atoms with E-state index in [-0.39, 0.29) is 12.1 Å². The SMILES string of the molecule is COCC1CCCC(C(=O)O)N1. The van der Waals surface area contributed by atoms with E-state index in [0.29, 0.717) is 6.61 Å². The number of aliphatic carboxylic acids is 1. The Balaban J connectivity index is 2.35. The Hall–Kier alpha value is -0.610. The molecular weight excluding hydrogens is 158 g/mol. The van der Waals surface area contributed by atoms with Crippen LogP contribution in [0.1, 0.15) is 19.3 Å². The highest BCUT2D eigenvalue weighted by molar-refractivity contribution is 5.73. The summed E-state index contributed by atoms with van der Waals surface area (Å²) in [6.07, 6.45) is 2.71. The molecule has 4 heteroatoms. The summed E-state index contributed by atoms with van der Waals surface area (Å²) < 4.78 is 4.95. The number of nitrogens with one attached hydrogen (secondary N) is 1. The lowest BCUT2D eigenvalue weighted by Gasteiger charge is -2.27. The van der Waals surface area contributed by atoms with E-state index in [0.717, 1.165) is 19.3 Å². The first kappa shape index (κ1) is 9.48. The number of carbonyl (C=O) groups is 1. The van der Waals surface area contributed by atoms with Crippen molar-refractivity contribution in [1.82, 2.24) is 5.32 Å². The van der Waals surface area contributed by atoms with Gasteiger partial charge in [0.25, 0.3) is 0 Å². The van der Waals surface area contributed by atoms with E-state index in [1.807, 2.05) is 0 Å². The summed E-state index contributed by atoms with van der Waals surface area (Å²) in [5, 5.41) is 11.8. The topological polar surface area (TPSA) is 58.6 Å². The lowest BCUT2D eigenvalue weighted by Crippen LogP contribution is -2.48. The van der Waals surface area contributed by atoms with E-state index in [1.54, 1.807) is 7.11 Å². The highest BCUT2D eigenvalue weighted by atomic mass is 16.5. The number of piperidine rings is 1. The smallest absolute Gasteiger partial charge is 0.320 e. The van der Waals surface area contributed by atoms with E-state index >= 15 is 0 Å². The largest absolute Gasteiger partial charge is 0.480 e. The highest BCUT2D eigenvalue weighted by Gasteiger charge is 2.25. The average molecular weight is 173 g/mol. The highest BCUT2D eigenvalue weighted by Crippen LogP contribution is 2.12. The van der Waals surface area contributed by atoms with Crippen LogP contribution < -0.4 is 5.32 Å². The van der Waals surface area contributed by atoms with Crippen LogP contribution in [0.15, 0.2) is 0 Å². The predicted octanol–water partition coefficient (Wildman–Crippen LogP) is 0.228. The van der Waals surface area contributed by atoms with Crippen molar-refractivity contribution in [2.45, 2.75) is 31.3 Å². The van der Waals surface area contributed by atoms with E-state index in [4.69, 9.17) is 9.84 Å². The second kappa shape index (κ2) is 4.42. The fourth-order valence-electron chi connectivity index (χ4n) is 1.55. The number of methoxy groups -OCH3 is 1. The van der Waals surface area contributed by atoms with Crippen LogP contribution in [-0.4, -0.2) is 36.9 Å². The maximum absolute atomic E-state index is 10.6. The Bertz CT molecular complexity index is 158. The van der Waals surface area contributed by atoms with Gasteiger partial charge in [-0.25, -0.2) is 0 Å². The van der Waals surface area contributed by atoms with E-state index in [1.165, 1.54) is 0 Å². The van der Waals surface area contributed by atoms with Gasteiger partial charge in [0, 0.05) is 13.2 Å². The molecule has 0 amide bonds. The molecule has 0 radical (unpaired) electrons. The van der Waals surface area contributed by atoms with Crippen LogP contribution in [0.3, 0.4) is 0 Å². The zero-order valence-electron chi connectivity index (χ0n) is 7.25. The fourth-order valence-corrected chi connectivity index (χ4v) is 1.55. The van der Waals surface area contributed by atoms with Crippen LogP contribution in [0.25, 0.3) is 0 Å². The van der Waals surface area contributed by atoms with Crippen molar-refractivity contribution in [3.05, 3.63) is 0 Å². The Morgan fingerprint density at radius 1 is 1.67 bits per heavy atom. The predicted molar refractivity (Wildman–Crippen MR) is 44.1 cm³/mol. The number of carboxylic acid groups (broad SMARTS) is 1. The maximum Gasteiger partial charge on any atom is 0.320 e. The van der Waals surface area contributed by atoms with Crippen LogP contribution in [0.2, 0.25) is 0 Å². The molecule has 1 aliphatic rings. The molecule has 0 spiro atoms. The Kier molecular flexibility index (Phi) is 3.49. The zero-order valence-corrected chi connectivity index (χ0v) is 7.25. The van der Waals surface area contributed by atoms with E-state index < -0.39 is 5.97 Å². The quantitative estimate of drug-likeness (QED) is 0.641. The summed E-state index contributed by atoms with van der Waals surface area (Å²) in [4.78, 5) is 10.6. The van der Waals surface area contributed by atoms with E-state index in [9.17, 15) is 4.79 Å². The molecule has 1 saturated heterocycles. The second-order valence-electron chi connectivity index (χ2n) is 3.14. The summed E-state index contributed by atoms with van der Waals surface area (Å²) in [6, 6.07) is -0.163. The molecular formula is C8H15NO3. The van der Waals surface area contributed by atoms with Crippen LogP contribution in [0, 0.1) is 0 Å². The lowest BCUT2D eigenvalue weighted by atomic mass is 9.99. The number of ether oxygens (including phenoxy) is 1. The van der Waals surface area contributed by atoms with Crippen molar-refractivity contribution >= 4 is 5.97 Å². The van der Waals surface area contributed by atoms with Gasteiger partial charge in [-0.15, -0.1) is 0 Å². The molecule has 0 saturated carbocycles. The van der Waals surface area contributed by atoms with Crippen molar-refractivity contribution in [3.63, 3.8) is 0 Å². The average Bonchev–Trinajstić information content (AvgIpc) is 2.05. The summed E-state index contributed by atoms with van der Waals surface area (Å²) in [7, 11) is 1.63. The second-order valence-corrected chi connectivity index (χ2v) is 3.14. The van der Waals surface area contributed by atoms with Crippen molar-refractivity contribution in [2.24, 2.45) is 0 Å². The van der Waals surface area contributed by atoms with Gasteiger partial charge in [0.2, 0.25) is 0 Å². The van der Waals surface area contributed by atoms with Crippen molar-refractivity contribution < 1.29 is 14.6 Å². The molecule has 4 nitrogen and oxygen atoms in total. The summed E-state index contributed by atoms with van der Waals surface area (Å²) in [6.45, 7) is 0.601. The molecule has 70 valence electrons. The van der Waals surface area contributed by atoms with Crippen molar-refractivity contribution in [2.75, 3.05) is 13.7 Å². The minimum absolute atomic E-state index is 0.213. The number of carboxylic acids is 1. The van der Waals surface area contributed by atoms with Crippen molar-refractivity contribution in [1.29, 1.82) is 0 Å². The van der Waals surface area contributed by atoms with Gasteiger partial charge < -0.3 is 9.84 Å². The van der Waals surface area contributed by atoms with Gasteiger partial charge in [-0.3, -0.25) is 10.1 Å². The molecule has 0 bridgehead atoms. The first-order chi connectivity index (χ1) is 5.74. The minimum Gasteiger partial charge on any atom is -0.480 e. The van der Waals surface area contributed by atoms with Gasteiger partial charge >= 0.3 is 5.97 Å². The molecule has 1 aliphatic heterocycles.